The van der Waals surface area contributed by atoms with Crippen LogP contribution in [0, 0.1) is 5.92 Å². The zero-order valence-electron chi connectivity index (χ0n) is 14.5. The first kappa shape index (κ1) is 18.6. The lowest BCUT2D eigenvalue weighted by Gasteiger charge is -2.19. The Kier molecular flexibility index (Phi) is 6.07. The molecule has 2 aromatic rings. The first-order valence-corrected chi connectivity index (χ1v) is 9.03. The van der Waals surface area contributed by atoms with Gasteiger partial charge in [0.2, 0.25) is 5.91 Å². The van der Waals surface area contributed by atoms with Gasteiger partial charge in [-0.05, 0) is 28.8 Å². The van der Waals surface area contributed by atoms with E-state index in [1.54, 1.807) is 12.1 Å². The van der Waals surface area contributed by atoms with Crippen molar-refractivity contribution in [3.05, 3.63) is 82.5 Å². The molecule has 2 aromatic carbocycles. The molecule has 2 atom stereocenters. The highest BCUT2D eigenvalue weighted by Gasteiger charge is 2.34. The molecule has 0 bridgehead atoms. The number of hydrogen-bond acceptors (Lipinski definition) is 2. The maximum atomic E-state index is 12.7. The number of allylic oxidation sites excluding steroid dienone is 1. The van der Waals surface area contributed by atoms with Crippen molar-refractivity contribution < 1.29 is 9.18 Å². The van der Waals surface area contributed by atoms with Gasteiger partial charge < -0.3 is 10.6 Å². The van der Waals surface area contributed by atoms with Gasteiger partial charge in [-0.3, -0.25) is 4.79 Å². The lowest BCUT2D eigenvalue weighted by atomic mass is 9.88. The van der Waals surface area contributed by atoms with Crippen LogP contribution in [0.1, 0.15) is 22.6 Å². The summed E-state index contributed by atoms with van der Waals surface area (Å²) in [5.74, 6) is -0.131. The van der Waals surface area contributed by atoms with E-state index >= 15 is 0 Å². The van der Waals surface area contributed by atoms with Crippen LogP contribution >= 0.6 is 11.6 Å². The summed E-state index contributed by atoms with van der Waals surface area (Å²) in [5, 5.41) is 6.90. The minimum absolute atomic E-state index is 0.0338. The van der Waals surface area contributed by atoms with Gasteiger partial charge in [0.15, 0.2) is 0 Å². The summed E-state index contributed by atoms with van der Waals surface area (Å²) in [6, 6.07) is 14.9. The molecule has 1 aliphatic rings. The Hall–Kier alpha value is -2.17. The highest BCUT2D eigenvalue weighted by atomic mass is 35.5. The van der Waals surface area contributed by atoms with Gasteiger partial charge in [0.1, 0.15) is 6.67 Å². The molecule has 2 N–H and O–H groups in total. The van der Waals surface area contributed by atoms with E-state index in [4.69, 9.17) is 11.6 Å². The molecule has 0 aromatic heterocycles. The second-order valence-electron chi connectivity index (χ2n) is 6.64. The fourth-order valence-corrected chi connectivity index (χ4v) is 3.44. The van der Waals surface area contributed by atoms with E-state index in [0.29, 0.717) is 29.2 Å². The summed E-state index contributed by atoms with van der Waals surface area (Å²) in [6.45, 7) is 4.86. The number of hydrogen-bond donors (Lipinski definition) is 2. The molecule has 1 saturated heterocycles. The largest absolute Gasteiger partial charge is 0.330 e. The van der Waals surface area contributed by atoms with Crippen molar-refractivity contribution in [2.75, 3.05) is 13.1 Å². The normalized spacial score (nSPS) is 19.3. The van der Waals surface area contributed by atoms with E-state index in [1.807, 2.05) is 36.4 Å². The van der Waals surface area contributed by atoms with Crippen LogP contribution in [0.5, 0.6) is 0 Å². The summed E-state index contributed by atoms with van der Waals surface area (Å²) in [5.41, 5.74) is 3.41. The predicted molar refractivity (Wildman–Crippen MR) is 103 cm³/mol. The fraction of sp³-hybridized carbons (Fsp3) is 0.286. The number of rotatable bonds is 6. The minimum Gasteiger partial charge on any atom is -0.330 e. The number of carbonyl (C=O) groups is 1. The molecule has 1 amide bonds. The zero-order chi connectivity index (χ0) is 18.5. The molecule has 0 aliphatic carbocycles. The molecule has 5 heteroatoms. The predicted octanol–water partition coefficient (Wildman–Crippen LogP) is 3.99. The van der Waals surface area contributed by atoms with E-state index in [9.17, 15) is 9.18 Å². The van der Waals surface area contributed by atoms with Gasteiger partial charge in [-0.15, -0.1) is 0 Å². The van der Waals surface area contributed by atoms with E-state index in [2.05, 4.69) is 17.2 Å². The molecule has 3 rings (SSSR count). The molecule has 1 fully saturated rings. The Morgan fingerprint density at radius 1 is 1.12 bits per heavy atom. The number of halogens is 2. The third-order valence-electron chi connectivity index (χ3n) is 4.74. The van der Waals surface area contributed by atoms with Crippen LogP contribution in [-0.2, 0) is 17.9 Å². The topological polar surface area (TPSA) is 41.1 Å². The molecular formula is C21H22ClFN2O. The number of nitrogens with one attached hydrogen (secondary N) is 2. The second-order valence-corrected chi connectivity index (χ2v) is 7.08. The van der Waals surface area contributed by atoms with Crippen molar-refractivity contribution in [1.29, 1.82) is 0 Å². The van der Waals surface area contributed by atoms with E-state index in [1.165, 1.54) is 0 Å². The highest BCUT2D eigenvalue weighted by molar-refractivity contribution is 6.30. The van der Waals surface area contributed by atoms with E-state index < -0.39 is 6.67 Å². The average Bonchev–Trinajstić information content (AvgIpc) is 3.13. The Morgan fingerprint density at radius 2 is 1.77 bits per heavy atom. The number of carbonyl (C=O) groups excluding carboxylic acids is 1. The molecule has 1 heterocycles. The molecule has 0 unspecified atom stereocenters. The van der Waals surface area contributed by atoms with Gasteiger partial charge in [-0.2, -0.15) is 0 Å². The van der Waals surface area contributed by atoms with Crippen LogP contribution in [0.4, 0.5) is 4.39 Å². The van der Waals surface area contributed by atoms with Gasteiger partial charge in [0, 0.05) is 36.1 Å². The van der Waals surface area contributed by atoms with Gasteiger partial charge in [0.05, 0.1) is 5.92 Å². The standard InChI is InChI=1S/C21H22ClFN2O/c1-14(10-15-4-8-18(22)9-5-15)25-21(26)20-13-24-12-19(20)17-6-2-16(11-23)3-7-17/h2-9,19-20,24H,1,10-13H2,(H,25,26)/t19-,20+/m0/s1. The van der Waals surface area contributed by atoms with Gasteiger partial charge in [-0.1, -0.05) is 54.6 Å². The van der Waals surface area contributed by atoms with Crippen LogP contribution in [-0.4, -0.2) is 19.0 Å². The van der Waals surface area contributed by atoms with Crippen LogP contribution in [0.2, 0.25) is 5.02 Å². The summed E-state index contributed by atoms with van der Waals surface area (Å²) < 4.78 is 12.7. The van der Waals surface area contributed by atoms with Crippen LogP contribution in [0.3, 0.4) is 0 Å². The molecular weight excluding hydrogens is 351 g/mol. The van der Waals surface area contributed by atoms with Crippen LogP contribution in [0.15, 0.2) is 60.8 Å². The average molecular weight is 373 g/mol. The monoisotopic (exact) mass is 372 g/mol. The number of benzene rings is 2. The quantitative estimate of drug-likeness (QED) is 0.805. The Morgan fingerprint density at radius 3 is 2.42 bits per heavy atom. The Labute approximate surface area is 158 Å². The van der Waals surface area contributed by atoms with Crippen molar-refractivity contribution in [2.24, 2.45) is 5.92 Å². The van der Waals surface area contributed by atoms with Crippen LogP contribution < -0.4 is 10.6 Å². The molecule has 26 heavy (non-hydrogen) atoms. The van der Waals surface area contributed by atoms with Crippen LogP contribution in [0.25, 0.3) is 0 Å². The fourth-order valence-electron chi connectivity index (χ4n) is 3.32. The first-order chi connectivity index (χ1) is 12.6. The lowest BCUT2D eigenvalue weighted by molar-refractivity contribution is -0.124. The van der Waals surface area contributed by atoms with Crippen molar-refractivity contribution in [3.8, 4) is 0 Å². The van der Waals surface area contributed by atoms with Crippen molar-refractivity contribution in [2.45, 2.75) is 19.0 Å². The molecule has 0 radical (unpaired) electrons. The third-order valence-corrected chi connectivity index (χ3v) is 5.00. The summed E-state index contributed by atoms with van der Waals surface area (Å²) in [6.07, 6.45) is 0.568. The van der Waals surface area contributed by atoms with Gasteiger partial charge >= 0.3 is 0 Å². The van der Waals surface area contributed by atoms with Crippen molar-refractivity contribution in [3.63, 3.8) is 0 Å². The van der Waals surface area contributed by atoms with E-state index in [-0.39, 0.29) is 17.7 Å². The SMILES string of the molecule is C=C(Cc1ccc(Cl)cc1)NC(=O)[C@@H]1CNC[C@H]1c1ccc(CF)cc1. The molecule has 1 aliphatic heterocycles. The maximum Gasteiger partial charge on any atom is 0.229 e. The summed E-state index contributed by atoms with van der Waals surface area (Å²) >= 11 is 5.89. The van der Waals surface area contributed by atoms with E-state index in [0.717, 1.165) is 17.7 Å². The van der Waals surface area contributed by atoms with Crippen molar-refractivity contribution in [1.82, 2.24) is 10.6 Å². The van der Waals surface area contributed by atoms with Crippen molar-refractivity contribution >= 4 is 17.5 Å². The van der Waals surface area contributed by atoms with Gasteiger partial charge in [-0.25, -0.2) is 4.39 Å². The second kappa shape index (κ2) is 8.47. The lowest BCUT2D eigenvalue weighted by Crippen LogP contribution is -2.34. The zero-order valence-corrected chi connectivity index (χ0v) is 15.2. The minimum atomic E-state index is -0.475. The maximum absolute atomic E-state index is 12.7. The smallest absolute Gasteiger partial charge is 0.229 e. The third kappa shape index (κ3) is 4.51. The summed E-state index contributed by atoms with van der Waals surface area (Å²) in [7, 11) is 0. The highest BCUT2D eigenvalue weighted by Crippen LogP contribution is 2.29. The molecule has 0 saturated carbocycles. The number of amides is 1. The Balaban J connectivity index is 1.62. The molecule has 0 spiro atoms. The Bertz CT molecular complexity index is 774. The summed E-state index contributed by atoms with van der Waals surface area (Å²) in [4.78, 5) is 12.7. The molecule has 3 nitrogen and oxygen atoms in total. The number of alkyl halides is 1. The van der Waals surface area contributed by atoms with Gasteiger partial charge in [0.25, 0.3) is 0 Å². The first-order valence-electron chi connectivity index (χ1n) is 8.65. The molecule has 136 valence electrons.